The summed E-state index contributed by atoms with van der Waals surface area (Å²) in [7, 11) is 3.37. The molecule has 4 rings (SSSR count). The normalized spacial score (nSPS) is 11.1. The van der Waals surface area contributed by atoms with Crippen LogP contribution in [0.5, 0.6) is 17.4 Å². The van der Waals surface area contributed by atoms with Gasteiger partial charge in [-0.25, -0.2) is 9.50 Å². The van der Waals surface area contributed by atoms with Crippen molar-refractivity contribution in [3.05, 3.63) is 42.9 Å². The standard InChI is InChI=1S/C17H15N5O3/c1-21-9-10(7-19-21)12-6-16-18-8-14(22(16)20-17(12)25-2)13-5-11(23)3-4-15(13)24/h3-9,23-24H,1-2H3. The molecule has 25 heavy (non-hydrogen) atoms. The zero-order valence-electron chi connectivity index (χ0n) is 13.6. The van der Waals surface area contributed by atoms with Gasteiger partial charge in [-0.2, -0.15) is 5.10 Å². The molecule has 0 fully saturated rings. The molecule has 3 heterocycles. The number of fused-ring (bicyclic) bond motifs is 1. The van der Waals surface area contributed by atoms with E-state index in [1.165, 1.54) is 25.3 Å². The van der Waals surface area contributed by atoms with E-state index in [2.05, 4.69) is 15.2 Å². The number of imidazole rings is 1. The monoisotopic (exact) mass is 337 g/mol. The van der Waals surface area contributed by atoms with Crippen LogP contribution in [0.3, 0.4) is 0 Å². The van der Waals surface area contributed by atoms with Crippen LogP contribution in [0.15, 0.2) is 42.9 Å². The number of rotatable bonds is 3. The van der Waals surface area contributed by atoms with E-state index >= 15 is 0 Å². The topological polar surface area (TPSA) is 97.7 Å². The molecule has 0 amide bonds. The second-order valence-electron chi connectivity index (χ2n) is 5.58. The fraction of sp³-hybridized carbons (Fsp3) is 0.118. The molecule has 3 aromatic heterocycles. The average Bonchev–Trinajstić information content (AvgIpc) is 3.21. The third-order valence-corrected chi connectivity index (χ3v) is 3.92. The van der Waals surface area contributed by atoms with Crippen LogP contribution in [0.2, 0.25) is 0 Å². The summed E-state index contributed by atoms with van der Waals surface area (Å²) in [6, 6.07) is 6.13. The molecule has 0 radical (unpaired) electrons. The smallest absolute Gasteiger partial charge is 0.239 e. The van der Waals surface area contributed by atoms with Crippen molar-refractivity contribution in [2.45, 2.75) is 0 Å². The lowest BCUT2D eigenvalue weighted by Crippen LogP contribution is -2.00. The molecule has 0 aliphatic carbocycles. The minimum absolute atomic E-state index is 0.0247. The van der Waals surface area contributed by atoms with Gasteiger partial charge >= 0.3 is 0 Å². The molecule has 0 bridgehead atoms. The Labute approximate surface area is 142 Å². The number of aromatic nitrogens is 5. The molecule has 126 valence electrons. The Bertz CT molecular complexity index is 1080. The average molecular weight is 337 g/mol. The molecule has 8 nitrogen and oxygen atoms in total. The molecular weight excluding hydrogens is 322 g/mol. The number of phenols is 2. The fourth-order valence-electron chi connectivity index (χ4n) is 2.73. The summed E-state index contributed by atoms with van der Waals surface area (Å²) in [5, 5.41) is 28.5. The predicted octanol–water partition coefficient (Wildman–Crippen LogP) is 2.22. The van der Waals surface area contributed by atoms with Gasteiger partial charge in [0.15, 0.2) is 5.65 Å². The van der Waals surface area contributed by atoms with E-state index in [1.807, 2.05) is 19.3 Å². The highest BCUT2D eigenvalue weighted by Crippen LogP contribution is 2.34. The van der Waals surface area contributed by atoms with Crippen molar-refractivity contribution >= 4 is 5.65 Å². The molecule has 2 N–H and O–H groups in total. The lowest BCUT2D eigenvalue weighted by molar-refractivity contribution is 0.392. The highest BCUT2D eigenvalue weighted by atomic mass is 16.5. The third-order valence-electron chi connectivity index (χ3n) is 3.92. The molecule has 0 unspecified atom stereocenters. The van der Waals surface area contributed by atoms with E-state index in [0.29, 0.717) is 22.8 Å². The van der Waals surface area contributed by atoms with Crippen molar-refractivity contribution in [1.82, 2.24) is 24.4 Å². The Morgan fingerprint density at radius 1 is 1.08 bits per heavy atom. The number of hydrogen-bond acceptors (Lipinski definition) is 6. The largest absolute Gasteiger partial charge is 0.508 e. The van der Waals surface area contributed by atoms with Gasteiger partial charge < -0.3 is 14.9 Å². The molecule has 0 saturated carbocycles. The molecule has 8 heteroatoms. The van der Waals surface area contributed by atoms with Gasteiger partial charge in [-0.3, -0.25) is 4.68 Å². The minimum Gasteiger partial charge on any atom is -0.508 e. The highest BCUT2D eigenvalue weighted by Gasteiger charge is 2.17. The van der Waals surface area contributed by atoms with Crippen molar-refractivity contribution in [2.75, 3.05) is 7.11 Å². The number of benzene rings is 1. The Hall–Kier alpha value is -3.55. The van der Waals surface area contributed by atoms with E-state index in [1.54, 1.807) is 21.6 Å². The fourth-order valence-corrected chi connectivity index (χ4v) is 2.73. The summed E-state index contributed by atoms with van der Waals surface area (Å²) in [4.78, 5) is 4.36. The van der Waals surface area contributed by atoms with Crippen LogP contribution in [-0.4, -0.2) is 41.7 Å². The van der Waals surface area contributed by atoms with Crippen LogP contribution in [0.25, 0.3) is 28.0 Å². The maximum Gasteiger partial charge on any atom is 0.239 e. The lowest BCUT2D eigenvalue weighted by Gasteiger charge is -2.09. The zero-order chi connectivity index (χ0) is 17.6. The molecule has 4 aromatic rings. The first-order valence-corrected chi connectivity index (χ1v) is 7.51. The van der Waals surface area contributed by atoms with Crippen LogP contribution < -0.4 is 4.74 Å². The second kappa shape index (κ2) is 5.52. The number of methoxy groups -OCH3 is 1. The van der Waals surface area contributed by atoms with Gasteiger partial charge in [0, 0.05) is 24.4 Å². The molecular formula is C17H15N5O3. The maximum atomic E-state index is 10.1. The second-order valence-corrected chi connectivity index (χ2v) is 5.58. The van der Waals surface area contributed by atoms with Crippen LogP contribution in [0, 0.1) is 0 Å². The van der Waals surface area contributed by atoms with E-state index in [9.17, 15) is 10.2 Å². The number of hydrogen-bond donors (Lipinski definition) is 2. The quantitative estimate of drug-likeness (QED) is 0.556. The summed E-state index contributed by atoms with van der Waals surface area (Å²) >= 11 is 0. The third kappa shape index (κ3) is 2.44. The zero-order valence-corrected chi connectivity index (χ0v) is 13.6. The van der Waals surface area contributed by atoms with Gasteiger partial charge in [0.2, 0.25) is 5.88 Å². The number of nitrogens with zero attached hydrogens (tertiary/aromatic N) is 5. The Balaban J connectivity index is 1.94. The lowest BCUT2D eigenvalue weighted by atomic mass is 10.1. The summed E-state index contributed by atoms with van der Waals surface area (Å²) in [5.41, 5.74) is 3.17. The van der Waals surface area contributed by atoms with Crippen molar-refractivity contribution in [3.8, 4) is 39.8 Å². The number of aromatic hydroxyl groups is 2. The van der Waals surface area contributed by atoms with E-state index in [4.69, 9.17) is 4.74 Å². The maximum absolute atomic E-state index is 10.1. The first-order valence-electron chi connectivity index (χ1n) is 7.51. The van der Waals surface area contributed by atoms with Gasteiger partial charge in [-0.1, -0.05) is 0 Å². The Kier molecular flexibility index (Phi) is 3.31. The van der Waals surface area contributed by atoms with Gasteiger partial charge in [-0.05, 0) is 24.3 Å². The molecule has 0 atom stereocenters. The summed E-state index contributed by atoms with van der Waals surface area (Å²) in [6.45, 7) is 0. The number of phenolic OH excluding ortho intramolecular Hbond substituents is 2. The number of ether oxygens (including phenoxy) is 1. The van der Waals surface area contributed by atoms with Gasteiger partial charge in [0.25, 0.3) is 0 Å². The van der Waals surface area contributed by atoms with Crippen LogP contribution in [0.1, 0.15) is 0 Å². The summed E-state index contributed by atoms with van der Waals surface area (Å²) < 4.78 is 8.68. The van der Waals surface area contributed by atoms with Crippen LogP contribution >= 0.6 is 0 Å². The number of aryl methyl sites for hydroxylation is 1. The van der Waals surface area contributed by atoms with E-state index < -0.39 is 0 Å². The van der Waals surface area contributed by atoms with Crippen LogP contribution in [-0.2, 0) is 7.05 Å². The highest BCUT2D eigenvalue weighted by molar-refractivity contribution is 5.75. The van der Waals surface area contributed by atoms with Crippen molar-refractivity contribution in [1.29, 1.82) is 0 Å². The summed E-state index contributed by atoms with van der Waals surface area (Å²) in [5.74, 6) is 0.470. The molecule has 0 aliphatic heterocycles. The van der Waals surface area contributed by atoms with Gasteiger partial charge in [0.05, 0.1) is 30.8 Å². The first-order chi connectivity index (χ1) is 12.1. The van der Waals surface area contributed by atoms with Crippen molar-refractivity contribution < 1.29 is 14.9 Å². The minimum atomic E-state index is 0.0247. The molecule has 0 spiro atoms. The van der Waals surface area contributed by atoms with Crippen molar-refractivity contribution in [2.24, 2.45) is 7.05 Å². The van der Waals surface area contributed by atoms with Gasteiger partial charge in [0.1, 0.15) is 11.5 Å². The van der Waals surface area contributed by atoms with Crippen molar-refractivity contribution in [3.63, 3.8) is 0 Å². The van der Waals surface area contributed by atoms with Gasteiger partial charge in [-0.15, -0.1) is 5.10 Å². The van der Waals surface area contributed by atoms with E-state index in [0.717, 1.165) is 11.1 Å². The summed E-state index contributed by atoms with van der Waals surface area (Å²) in [6.07, 6.45) is 5.17. The van der Waals surface area contributed by atoms with E-state index in [-0.39, 0.29) is 11.5 Å². The Morgan fingerprint density at radius 3 is 2.64 bits per heavy atom. The van der Waals surface area contributed by atoms with Crippen LogP contribution in [0.4, 0.5) is 0 Å². The SMILES string of the molecule is COc1nn2c(-c3cc(O)ccc3O)cnc2cc1-c1cnn(C)c1. The predicted molar refractivity (Wildman–Crippen MR) is 90.5 cm³/mol. The Morgan fingerprint density at radius 2 is 1.92 bits per heavy atom. The molecule has 1 aromatic carbocycles. The first kappa shape index (κ1) is 15.0. The molecule has 0 saturated heterocycles. The molecule has 0 aliphatic rings.